The highest BCUT2D eigenvalue weighted by molar-refractivity contribution is 5.85. The predicted octanol–water partition coefficient (Wildman–Crippen LogP) is 1.40. The molecule has 0 aromatic heterocycles. The van der Waals surface area contributed by atoms with Crippen LogP contribution >= 0.6 is 12.4 Å². The van der Waals surface area contributed by atoms with E-state index in [1.807, 2.05) is 4.90 Å². The van der Waals surface area contributed by atoms with E-state index in [1.165, 1.54) is 6.42 Å². The molecule has 1 spiro atoms. The van der Waals surface area contributed by atoms with Gasteiger partial charge in [0.2, 0.25) is 11.8 Å². The van der Waals surface area contributed by atoms with Crippen molar-refractivity contribution in [1.82, 2.24) is 9.80 Å². The van der Waals surface area contributed by atoms with Crippen LogP contribution in [-0.2, 0) is 9.59 Å². The summed E-state index contributed by atoms with van der Waals surface area (Å²) in [6.45, 7) is 5.17. The van der Waals surface area contributed by atoms with Gasteiger partial charge in [0, 0.05) is 32.1 Å². The monoisotopic (exact) mass is 329 g/mol. The molecule has 1 saturated carbocycles. The quantitative estimate of drug-likeness (QED) is 0.832. The first-order valence-electron chi connectivity index (χ1n) is 8.37. The standard InChI is InChI=1S/C16H27N3O2.ClH/c1-12(17)14(20)19-9-5-16(6-10-19)11-13(16)15(21)18-7-3-2-4-8-18;/h12-13H,2-11,17H2,1H3;1H/t12-,13?;/m1./s1. The van der Waals surface area contributed by atoms with Crippen molar-refractivity contribution >= 4 is 24.2 Å². The van der Waals surface area contributed by atoms with Crippen molar-refractivity contribution in [3.05, 3.63) is 0 Å². The summed E-state index contributed by atoms with van der Waals surface area (Å²) in [5, 5.41) is 0. The van der Waals surface area contributed by atoms with Crippen LogP contribution in [0, 0.1) is 11.3 Å². The number of halogens is 1. The smallest absolute Gasteiger partial charge is 0.239 e. The van der Waals surface area contributed by atoms with E-state index in [0.29, 0.717) is 5.91 Å². The van der Waals surface area contributed by atoms with Gasteiger partial charge in [0.1, 0.15) is 0 Å². The van der Waals surface area contributed by atoms with Crippen LogP contribution in [0.5, 0.6) is 0 Å². The van der Waals surface area contributed by atoms with Gasteiger partial charge in [-0.05, 0) is 50.9 Å². The molecule has 1 aliphatic carbocycles. The molecule has 3 fully saturated rings. The highest BCUT2D eigenvalue weighted by Crippen LogP contribution is 2.60. The lowest BCUT2D eigenvalue weighted by Gasteiger charge is -2.34. The molecule has 126 valence electrons. The van der Waals surface area contributed by atoms with Crippen LogP contribution in [0.4, 0.5) is 0 Å². The molecule has 2 N–H and O–H groups in total. The van der Waals surface area contributed by atoms with E-state index >= 15 is 0 Å². The molecule has 0 bridgehead atoms. The molecule has 2 atom stereocenters. The fourth-order valence-corrected chi connectivity index (χ4v) is 4.04. The van der Waals surface area contributed by atoms with Crippen LogP contribution < -0.4 is 5.73 Å². The zero-order valence-corrected chi connectivity index (χ0v) is 14.2. The third kappa shape index (κ3) is 3.25. The summed E-state index contributed by atoms with van der Waals surface area (Å²) in [6.07, 6.45) is 6.53. The Morgan fingerprint density at radius 3 is 2.18 bits per heavy atom. The van der Waals surface area contributed by atoms with E-state index in [-0.39, 0.29) is 29.6 Å². The summed E-state index contributed by atoms with van der Waals surface area (Å²) in [4.78, 5) is 28.4. The Morgan fingerprint density at radius 2 is 1.64 bits per heavy atom. The van der Waals surface area contributed by atoms with Crippen molar-refractivity contribution in [2.45, 2.75) is 51.5 Å². The Hall–Kier alpha value is -0.810. The Kier molecular flexibility index (Phi) is 5.38. The molecule has 0 radical (unpaired) electrons. The maximum absolute atomic E-state index is 12.6. The maximum atomic E-state index is 12.6. The highest BCUT2D eigenvalue weighted by Gasteiger charge is 2.59. The molecule has 3 rings (SSSR count). The minimum Gasteiger partial charge on any atom is -0.342 e. The second-order valence-corrected chi connectivity index (χ2v) is 7.12. The Morgan fingerprint density at radius 1 is 1.05 bits per heavy atom. The average molecular weight is 330 g/mol. The number of hydrogen-bond acceptors (Lipinski definition) is 3. The number of piperidine rings is 2. The first-order chi connectivity index (χ1) is 10.0. The molecule has 0 aromatic carbocycles. The summed E-state index contributed by atoms with van der Waals surface area (Å²) >= 11 is 0. The summed E-state index contributed by atoms with van der Waals surface area (Å²) < 4.78 is 0. The predicted molar refractivity (Wildman–Crippen MR) is 87.7 cm³/mol. The van der Waals surface area contributed by atoms with Gasteiger partial charge < -0.3 is 15.5 Å². The number of carbonyl (C=O) groups is 2. The summed E-state index contributed by atoms with van der Waals surface area (Å²) in [5.41, 5.74) is 5.87. The Labute approximate surface area is 139 Å². The second-order valence-electron chi connectivity index (χ2n) is 7.12. The van der Waals surface area contributed by atoms with E-state index in [1.54, 1.807) is 6.92 Å². The van der Waals surface area contributed by atoms with Crippen LogP contribution in [0.2, 0.25) is 0 Å². The molecule has 2 aliphatic heterocycles. The third-order valence-corrected chi connectivity index (χ3v) is 5.62. The van der Waals surface area contributed by atoms with Crippen LogP contribution in [0.15, 0.2) is 0 Å². The van der Waals surface area contributed by atoms with Gasteiger partial charge in [-0.2, -0.15) is 0 Å². The number of nitrogens with two attached hydrogens (primary N) is 1. The Balaban J connectivity index is 0.00000176. The molecule has 2 saturated heterocycles. The molecule has 6 heteroatoms. The van der Waals surface area contributed by atoms with E-state index in [0.717, 1.165) is 58.3 Å². The number of carbonyl (C=O) groups excluding carboxylic acids is 2. The number of amides is 2. The van der Waals surface area contributed by atoms with Gasteiger partial charge in [0.25, 0.3) is 0 Å². The van der Waals surface area contributed by atoms with Gasteiger partial charge in [-0.1, -0.05) is 0 Å². The third-order valence-electron chi connectivity index (χ3n) is 5.62. The lowest BCUT2D eigenvalue weighted by atomic mass is 9.90. The SMILES string of the molecule is C[C@@H](N)C(=O)N1CCC2(CC1)CC2C(=O)N1CCCCC1.Cl. The van der Waals surface area contributed by atoms with Crippen LogP contribution in [0.1, 0.15) is 45.4 Å². The van der Waals surface area contributed by atoms with Crippen molar-refractivity contribution in [3.63, 3.8) is 0 Å². The topological polar surface area (TPSA) is 66.6 Å². The van der Waals surface area contributed by atoms with Gasteiger partial charge >= 0.3 is 0 Å². The van der Waals surface area contributed by atoms with Crippen molar-refractivity contribution in [3.8, 4) is 0 Å². The molecule has 0 aromatic rings. The number of hydrogen-bond donors (Lipinski definition) is 1. The van der Waals surface area contributed by atoms with Gasteiger partial charge in [-0.3, -0.25) is 9.59 Å². The minimum absolute atomic E-state index is 0. The summed E-state index contributed by atoms with van der Waals surface area (Å²) in [5.74, 6) is 0.647. The van der Waals surface area contributed by atoms with Crippen LogP contribution in [0.3, 0.4) is 0 Å². The number of likely N-dealkylation sites (tertiary alicyclic amines) is 2. The summed E-state index contributed by atoms with van der Waals surface area (Å²) in [7, 11) is 0. The zero-order chi connectivity index (χ0) is 15.0. The number of rotatable bonds is 2. The molecule has 2 amide bonds. The van der Waals surface area contributed by atoms with E-state index in [9.17, 15) is 9.59 Å². The van der Waals surface area contributed by atoms with Crippen LogP contribution in [0.25, 0.3) is 0 Å². The molecule has 3 aliphatic rings. The largest absolute Gasteiger partial charge is 0.342 e. The molecule has 22 heavy (non-hydrogen) atoms. The fraction of sp³-hybridized carbons (Fsp3) is 0.875. The lowest BCUT2D eigenvalue weighted by Crippen LogP contribution is -2.47. The fourth-order valence-electron chi connectivity index (χ4n) is 4.04. The van der Waals surface area contributed by atoms with Gasteiger partial charge in [0.05, 0.1) is 6.04 Å². The van der Waals surface area contributed by atoms with E-state index in [2.05, 4.69) is 4.90 Å². The van der Waals surface area contributed by atoms with E-state index < -0.39 is 6.04 Å². The summed E-state index contributed by atoms with van der Waals surface area (Å²) in [6, 6.07) is -0.413. The van der Waals surface area contributed by atoms with Crippen molar-refractivity contribution in [2.75, 3.05) is 26.2 Å². The lowest BCUT2D eigenvalue weighted by molar-refractivity contribution is -0.135. The second kappa shape index (κ2) is 6.75. The molecule has 1 unspecified atom stereocenters. The first kappa shape index (κ1) is 17.5. The Bertz CT molecular complexity index is 427. The van der Waals surface area contributed by atoms with Crippen molar-refractivity contribution < 1.29 is 9.59 Å². The molecule has 2 heterocycles. The van der Waals surface area contributed by atoms with Gasteiger partial charge in [0.15, 0.2) is 0 Å². The molecule has 5 nitrogen and oxygen atoms in total. The van der Waals surface area contributed by atoms with Crippen LogP contribution in [-0.4, -0.2) is 53.8 Å². The highest BCUT2D eigenvalue weighted by atomic mass is 35.5. The maximum Gasteiger partial charge on any atom is 0.239 e. The molecular weight excluding hydrogens is 302 g/mol. The minimum atomic E-state index is -0.413. The average Bonchev–Trinajstić information content (AvgIpc) is 3.21. The molecular formula is C16H28ClN3O2. The first-order valence-corrected chi connectivity index (χ1v) is 8.37. The van der Waals surface area contributed by atoms with Gasteiger partial charge in [-0.15, -0.1) is 12.4 Å². The normalized spacial score (nSPS) is 28.0. The van der Waals surface area contributed by atoms with Crippen molar-refractivity contribution in [1.29, 1.82) is 0 Å². The number of nitrogens with zero attached hydrogens (tertiary/aromatic N) is 2. The van der Waals surface area contributed by atoms with Crippen molar-refractivity contribution in [2.24, 2.45) is 17.1 Å². The van der Waals surface area contributed by atoms with E-state index in [4.69, 9.17) is 5.73 Å². The van der Waals surface area contributed by atoms with Gasteiger partial charge in [-0.25, -0.2) is 0 Å². The zero-order valence-electron chi connectivity index (χ0n) is 13.4.